The third kappa shape index (κ3) is 4.23. The van der Waals surface area contributed by atoms with E-state index in [4.69, 9.17) is 11.6 Å². The molecule has 0 spiro atoms. The first-order valence-electron chi connectivity index (χ1n) is 6.96. The molecule has 0 fully saturated rings. The molecule has 4 heteroatoms. The van der Waals surface area contributed by atoms with Crippen molar-refractivity contribution in [2.24, 2.45) is 0 Å². The predicted octanol–water partition coefficient (Wildman–Crippen LogP) is 4.11. The van der Waals surface area contributed by atoms with E-state index in [-0.39, 0.29) is 5.91 Å². The molecule has 0 atom stereocenters. The number of carbonyl (C=O) groups is 1. The molecule has 1 amide bonds. The molecule has 0 aliphatic carbocycles. The van der Waals surface area contributed by atoms with Crippen LogP contribution in [0.25, 0.3) is 0 Å². The summed E-state index contributed by atoms with van der Waals surface area (Å²) in [5.74, 6) is -0.0774. The number of rotatable bonds is 5. The Morgan fingerprint density at radius 1 is 1.19 bits per heavy atom. The minimum atomic E-state index is -0.0774. The van der Waals surface area contributed by atoms with E-state index in [2.05, 4.69) is 11.4 Å². The Morgan fingerprint density at radius 2 is 1.95 bits per heavy atom. The molecule has 3 nitrogen and oxygen atoms in total. The Hall–Kier alpha value is -2.00. The van der Waals surface area contributed by atoms with Gasteiger partial charge in [0.05, 0.1) is 17.3 Å². The summed E-state index contributed by atoms with van der Waals surface area (Å²) in [5, 5.41) is 3.39. The maximum atomic E-state index is 12.2. The second-order valence-corrected chi connectivity index (χ2v) is 5.29. The highest BCUT2D eigenvalue weighted by molar-refractivity contribution is 6.33. The van der Waals surface area contributed by atoms with Crippen LogP contribution in [0, 0.1) is 6.92 Å². The van der Waals surface area contributed by atoms with Gasteiger partial charge in [-0.05, 0) is 43.7 Å². The summed E-state index contributed by atoms with van der Waals surface area (Å²) in [7, 11) is 0. The molecule has 2 aromatic carbocycles. The van der Waals surface area contributed by atoms with Crippen molar-refractivity contribution in [2.75, 3.05) is 23.3 Å². The van der Waals surface area contributed by atoms with E-state index in [1.165, 1.54) is 5.56 Å². The van der Waals surface area contributed by atoms with Crippen molar-refractivity contribution in [1.29, 1.82) is 0 Å². The minimum absolute atomic E-state index is 0.0774. The van der Waals surface area contributed by atoms with Crippen LogP contribution in [-0.2, 0) is 4.79 Å². The monoisotopic (exact) mass is 302 g/mol. The summed E-state index contributed by atoms with van der Waals surface area (Å²) in [6.07, 6.45) is 0. The maximum absolute atomic E-state index is 12.2. The third-order valence-corrected chi connectivity index (χ3v) is 3.56. The summed E-state index contributed by atoms with van der Waals surface area (Å²) in [5.41, 5.74) is 2.87. The highest BCUT2D eigenvalue weighted by Gasteiger charge is 2.11. The Morgan fingerprint density at radius 3 is 2.62 bits per heavy atom. The third-order valence-electron chi connectivity index (χ3n) is 3.23. The van der Waals surface area contributed by atoms with Gasteiger partial charge in [-0.15, -0.1) is 0 Å². The number of amides is 1. The lowest BCUT2D eigenvalue weighted by Crippen LogP contribution is -2.33. The normalized spacial score (nSPS) is 10.2. The van der Waals surface area contributed by atoms with Crippen LogP contribution in [-0.4, -0.2) is 19.0 Å². The number of benzene rings is 2. The number of nitrogens with zero attached hydrogens (tertiary/aromatic N) is 1. The smallest absolute Gasteiger partial charge is 0.243 e. The average molecular weight is 303 g/mol. The van der Waals surface area contributed by atoms with Gasteiger partial charge in [0.25, 0.3) is 0 Å². The predicted molar refractivity (Wildman–Crippen MR) is 89.1 cm³/mol. The average Bonchev–Trinajstić information content (AvgIpc) is 2.47. The van der Waals surface area contributed by atoms with Crippen LogP contribution in [0.2, 0.25) is 5.02 Å². The quantitative estimate of drug-likeness (QED) is 0.901. The Bertz CT molecular complexity index is 628. The van der Waals surface area contributed by atoms with Crippen molar-refractivity contribution in [3.05, 3.63) is 59.1 Å². The van der Waals surface area contributed by atoms with E-state index >= 15 is 0 Å². The van der Waals surface area contributed by atoms with Gasteiger partial charge < -0.3 is 10.2 Å². The van der Waals surface area contributed by atoms with Crippen LogP contribution >= 0.6 is 11.6 Å². The molecule has 0 bridgehead atoms. The summed E-state index contributed by atoms with van der Waals surface area (Å²) in [4.78, 5) is 14.2. The molecule has 0 aromatic heterocycles. The van der Waals surface area contributed by atoms with Crippen LogP contribution in [0.5, 0.6) is 0 Å². The highest BCUT2D eigenvalue weighted by Crippen LogP contribution is 2.21. The number of nitrogens with one attached hydrogen (secondary N) is 1. The molecule has 0 saturated heterocycles. The molecule has 0 aliphatic heterocycles. The number of likely N-dealkylation sites (N-methyl/N-ethyl adjacent to an activating group) is 1. The van der Waals surface area contributed by atoms with Gasteiger partial charge in [0.1, 0.15) is 0 Å². The van der Waals surface area contributed by atoms with Crippen molar-refractivity contribution in [3.63, 3.8) is 0 Å². The van der Waals surface area contributed by atoms with E-state index < -0.39 is 0 Å². The van der Waals surface area contributed by atoms with Crippen molar-refractivity contribution in [1.82, 2.24) is 0 Å². The molecule has 0 aliphatic rings. The Labute approximate surface area is 130 Å². The molecule has 21 heavy (non-hydrogen) atoms. The molecular formula is C17H19ClN2O. The van der Waals surface area contributed by atoms with Gasteiger partial charge in [-0.3, -0.25) is 4.79 Å². The zero-order chi connectivity index (χ0) is 15.2. The van der Waals surface area contributed by atoms with Crippen molar-refractivity contribution in [3.8, 4) is 0 Å². The second kappa shape index (κ2) is 7.14. The lowest BCUT2D eigenvalue weighted by Gasteiger charge is -2.23. The zero-order valence-corrected chi connectivity index (χ0v) is 13.0. The summed E-state index contributed by atoms with van der Waals surface area (Å²) < 4.78 is 0. The van der Waals surface area contributed by atoms with Gasteiger partial charge in [0.2, 0.25) is 5.91 Å². The number of halogens is 1. The first kappa shape index (κ1) is 15.4. The molecule has 2 rings (SSSR count). The Kier molecular flexibility index (Phi) is 5.23. The van der Waals surface area contributed by atoms with Crippen LogP contribution in [0.4, 0.5) is 11.4 Å². The molecule has 0 unspecified atom stereocenters. The molecule has 110 valence electrons. The summed E-state index contributed by atoms with van der Waals surface area (Å²) in [6.45, 7) is 5.14. The fourth-order valence-electron chi connectivity index (χ4n) is 2.14. The van der Waals surface area contributed by atoms with Crippen LogP contribution in [0.15, 0.2) is 48.5 Å². The lowest BCUT2D eigenvalue weighted by atomic mass is 10.2. The molecular weight excluding hydrogens is 284 g/mol. The largest absolute Gasteiger partial charge is 0.362 e. The summed E-state index contributed by atoms with van der Waals surface area (Å²) in [6, 6.07) is 15.4. The number of anilines is 2. The van der Waals surface area contributed by atoms with Crippen molar-refractivity contribution >= 4 is 28.9 Å². The van der Waals surface area contributed by atoms with Crippen LogP contribution in [0.1, 0.15) is 12.5 Å². The first-order valence-corrected chi connectivity index (χ1v) is 7.34. The maximum Gasteiger partial charge on any atom is 0.243 e. The lowest BCUT2D eigenvalue weighted by molar-refractivity contribution is -0.115. The van der Waals surface area contributed by atoms with E-state index in [1.54, 1.807) is 12.1 Å². The molecule has 0 heterocycles. The molecule has 0 radical (unpaired) electrons. The second-order valence-electron chi connectivity index (χ2n) is 4.88. The number of aryl methyl sites for hydroxylation is 1. The highest BCUT2D eigenvalue weighted by atomic mass is 35.5. The fraction of sp³-hybridized carbons (Fsp3) is 0.235. The van der Waals surface area contributed by atoms with Crippen molar-refractivity contribution < 1.29 is 4.79 Å². The number of hydrogen-bond donors (Lipinski definition) is 1. The number of para-hydroxylation sites is 1. The first-order chi connectivity index (χ1) is 10.1. The molecule has 2 aromatic rings. The number of hydrogen-bond acceptors (Lipinski definition) is 2. The van der Waals surface area contributed by atoms with Gasteiger partial charge >= 0.3 is 0 Å². The van der Waals surface area contributed by atoms with Gasteiger partial charge in [-0.1, -0.05) is 35.9 Å². The Balaban J connectivity index is 2.05. The van der Waals surface area contributed by atoms with Gasteiger partial charge in [0, 0.05) is 12.2 Å². The van der Waals surface area contributed by atoms with Crippen molar-refractivity contribution in [2.45, 2.75) is 13.8 Å². The van der Waals surface area contributed by atoms with E-state index in [0.717, 1.165) is 12.2 Å². The van der Waals surface area contributed by atoms with Crippen LogP contribution < -0.4 is 10.2 Å². The molecule has 0 saturated carbocycles. The van der Waals surface area contributed by atoms with E-state index in [1.807, 2.05) is 49.1 Å². The standard InChI is InChI=1S/C17H19ClN2O/c1-3-20(14-8-6-7-13(2)11-14)12-17(21)19-16-10-5-4-9-15(16)18/h4-11H,3,12H2,1-2H3,(H,19,21). The van der Waals surface area contributed by atoms with E-state index in [9.17, 15) is 4.79 Å². The van der Waals surface area contributed by atoms with Gasteiger partial charge in [-0.2, -0.15) is 0 Å². The number of carbonyl (C=O) groups excluding carboxylic acids is 1. The summed E-state index contributed by atoms with van der Waals surface area (Å²) >= 11 is 6.05. The molecule has 1 N–H and O–H groups in total. The SMILES string of the molecule is CCN(CC(=O)Nc1ccccc1Cl)c1cccc(C)c1. The zero-order valence-electron chi connectivity index (χ0n) is 12.3. The minimum Gasteiger partial charge on any atom is -0.362 e. The van der Waals surface area contributed by atoms with E-state index in [0.29, 0.717) is 17.3 Å². The fourth-order valence-corrected chi connectivity index (χ4v) is 2.32. The van der Waals surface area contributed by atoms with Crippen LogP contribution in [0.3, 0.4) is 0 Å². The topological polar surface area (TPSA) is 32.3 Å². The van der Waals surface area contributed by atoms with Gasteiger partial charge in [0.15, 0.2) is 0 Å². The van der Waals surface area contributed by atoms with Gasteiger partial charge in [-0.25, -0.2) is 0 Å².